The predicted octanol–water partition coefficient (Wildman–Crippen LogP) is 4.67. The van der Waals surface area contributed by atoms with Gasteiger partial charge in [-0.3, -0.25) is 0 Å². The van der Waals surface area contributed by atoms with Gasteiger partial charge in [-0.25, -0.2) is 9.59 Å². The van der Waals surface area contributed by atoms with Crippen LogP contribution in [0.5, 0.6) is 0 Å². The van der Waals surface area contributed by atoms with Crippen LogP contribution >= 0.6 is 0 Å². The second-order valence-corrected chi connectivity index (χ2v) is 7.78. The Hall–Kier alpha value is -3.70. The van der Waals surface area contributed by atoms with Crippen LogP contribution in [0.3, 0.4) is 0 Å². The van der Waals surface area contributed by atoms with E-state index in [-0.39, 0.29) is 13.0 Å². The van der Waals surface area contributed by atoms with Crippen LogP contribution in [0.2, 0.25) is 0 Å². The minimum atomic E-state index is -0.811. The highest BCUT2D eigenvalue weighted by Gasteiger charge is 2.40. The van der Waals surface area contributed by atoms with Crippen molar-refractivity contribution in [3.8, 4) is 11.1 Å². The molecule has 3 atom stereocenters. The van der Waals surface area contributed by atoms with Crippen LogP contribution in [-0.4, -0.2) is 35.9 Å². The molecule has 162 valence electrons. The van der Waals surface area contributed by atoms with E-state index in [1.54, 1.807) is 36.4 Å². The van der Waals surface area contributed by atoms with Crippen molar-refractivity contribution in [3.05, 3.63) is 108 Å². The summed E-state index contributed by atoms with van der Waals surface area (Å²) in [6.45, 7) is 3.89. The highest BCUT2D eigenvalue weighted by molar-refractivity contribution is 5.90. The van der Waals surface area contributed by atoms with Crippen LogP contribution in [0.15, 0.2) is 97.1 Å². The van der Waals surface area contributed by atoms with Crippen molar-refractivity contribution in [1.82, 2.24) is 0 Å². The number of benzene rings is 3. The topological polar surface area (TPSA) is 72.8 Å². The molecule has 5 nitrogen and oxygen atoms in total. The number of aliphatic hydroxyl groups excluding tert-OH is 1. The van der Waals surface area contributed by atoms with Gasteiger partial charge in [-0.1, -0.05) is 67.2 Å². The summed E-state index contributed by atoms with van der Waals surface area (Å²) in [5.41, 5.74) is 3.41. The first-order chi connectivity index (χ1) is 15.5. The van der Waals surface area contributed by atoms with Crippen LogP contribution in [-0.2, 0) is 9.47 Å². The Kier molecular flexibility index (Phi) is 6.47. The van der Waals surface area contributed by atoms with E-state index in [0.717, 1.165) is 11.1 Å². The maximum absolute atomic E-state index is 12.7. The zero-order valence-corrected chi connectivity index (χ0v) is 17.5. The molecule has 1 aliphatic carbocycles. The summed E-state index contributed by atoms with van der Waals surface area (Å²) in [5.74, 6) is -1.43. The first kappa shape index (κ1) is 21.5. The van der Waals surface area contributed by atoms with E-state index in [1.165, 1.54) is 0 Å². The van der Waals surface area contributed by atoms with Gasteiger partial charge in [0, 0.05) is 6.42 Å². The van der Waals surface area contributed by atoms with Gasteiger partial charge < -0.3 is 14.6 Å². The van der Waals surface area contributed by atoms with Crippen LogP contribution in [0, 0.1) is 5.92 Å². The second-order valence-electron chi connectivity index (χ2n) is 7.78. The van der Waals surface area contributed by atoms with Gasteiger partial charge in [0.05, 0.1) is 23.1 Å². The number of carbonyl (C=O) groups excluding carboxylic acids is 2. The highest BCUT2D eigenvalue weighted by Crippen LogP contribution is 2.34. The van der Waals surface area contributed by atoms with Crippen molar-refractivity contribution in [2.24, 2.45) is 5.92 Å². The second kappa shape index (κ2) is 9.62. The van der Waals surface area contributed by atoms with Crippen molar-refractivity contribution in [1.29, 1.82) is 0 Å². The molecule has 32 heavy (non-hydrogen) atoms. The van der Waals surface area contributed by atoms with Crippen molar-refractivity contribution >= 4 is 11.9 Å². The largest absolute Gasteiger partial charge is 0.461 e. The van der Waals surface area contributed by atoms with Gasteiger partial charge >= 0.3 is 11.9 Å². The standard InChI is InChI=1S/C27H24O5/c1-18-23(17-31-26(29)21-10-6-3-7-11-21)25(16-24(18)28)32-27(30)22-14-12-20(13-15-22)19-8-4-2-5-9-19/h2-15,23-25,28H,1,16-17H2/t23-,24+,25-/m0/s1. The molecule has 0 unspecified atom stereocenters. The molecule has 0 bridgehead atoms. The third-order valence-electron chi connectivity index (χ3n) is 5.70. The average Bonchev–Trinajstić information content (AvgIpc) is 3.10. The van der Waals surface area contributed by atoms with E-state index in [4.69, 9.17) is 9.47 Å². The number of ether oxygens (including phenoxy) is 2. The van der Waals surface area contributed by atoms with Crippen LogP contribution in [0.1, 0.15) is 27.1 Å². The normalized spacial score (nSPS) is 20.0. The molecule has 4 rings (SSSR count). The summed E-state index contributed by atoms with van der Waals surface area (Å²) >= 11 is 0. The van der Waals surface area contributed by atoms with Gasteiger partial charge in [0.1, 0.15) is 12.7 Å². The van der Waals surface area contributed by atoms with Crippen molar-refractivity contribution in [2.75, 3.05) is 6.61 Å². The molecule has 1 saturated carbocycles. The van der Waals surface area contributed by atoms with E-state index in [9.17, 15) is 14.7 Å². The molecule has 0 saturated heterocycles. The Morgan fingerprint density at radius 1 is 0.812 bits per heavy atom. The lowest BCUT2D eigenvalue weighted by atomic mass is 10.0. The number of rotatable bonds is 6. The lowest BCUT2D eigenvalue weighted by Crippen LogP contribution is -2.27. The molecule has 3 aromatic rings. The molecule has 1 aliphatic rings. The summed E-state index contributed by atoms with van der Waals surface area (Å²) in [6, 6.07) is 25.7. The number of hydrogen-bond donors (Lipinski definition) is 1. The lowest BCUT2D eigenvalue weighted by molar-refractivity contribution is 0.00723. The summed E-state index contributed by atoms with van der Waals surface area (Å²) in [5, 5.41) is 10.2. The van der Waals surface area contributed by atoms with Gasteiger partial charge in [-0.2, -0.15) is 0 Å². The van der Waals surface area contributed by atoms with Gasteiger partial charge in [-0.05, 0) is 41.0 Å². The Balaban J connectivity index is 1.40. The first-order valence-electron chi connectivity index (χ1n) is 10.5. The van der Waals surface area contributed by atoms with Crippen LogP contribution in [0.4, 0.5) is 0 Å². The van der Waals surface area contributed by atoms with Gasteiger partial charge in [0.2, 0.25) is 0 Å². The fourth-order valence-electron chi connectivity index (χ4n) is 3.82. The third-order valence-corrected chi connectivity index (χ3v) is 5.70. The quantitative estimate of drug-likeness (QED) is 0.456. The summed E-state index contributed by atoms with van der Waals surface area (Å²) in [6.07, 6.45) is -1.21. The molecule has 1 fully saturated rings. The summed E-state index contributed by atoms with van der Waals surface area (Å²) < 4.78 is 11.1. The first-order valence-corrected chi connectivity index (χ1v) is 10.5. The van der Waals surface area contributed by atoms with Gasteiger partial charge in [0.25, 0.3) is 0 Å². The fraction of sp³-hybridized carbons (Fsp3) is 0.185. The molecule has 0 heterocycles. The molecule has 5 heteroatoms. The Morgan fingerprint density at radius 3 is 2.03 bits per heavy atom. The number of carbonyl (C=O) groups is 2. The minimum absolute atomic E-state index is 0.0193. The van der Waals surface area contributed by atoms with Gasteiger partial charge in [-0.15, -0.1) is 0 Å². The minimum Gasteiger partial charge on any atom is -0.461 e. The number of aliphatic hydroxyl groups is 1. The molecule has 0 aliphatic heterocycles. The summed E-state index contributed by atoms with van der Waals surface area (Å²) in [7, 11) is 0. The number of hydrogen-bond acceptors (Lipinski definition) is 5. The van der Waals surface area contributed by atoms with E-state index < -0.39 is 30.1 Å². The molecule has 0 aromatic heterocycles. The number of esters is 2. The van der Waals surface area contributed by atoms with Crippen molar-refractivity contribution in [2.45, 2.75) is 18.6 Å². The smallest absolute Gasteiger partial charge is 0.338 e. The monoisotopic (exact) mass is 428 g/mol. The average molecular weight is 428 g/mol. The zero-order valence-electron chi connectivity index (χ0n) is 17.5. The van der Waals surface area contributed by atoms with E-state index in [0.29, 0.717) is 16.7 Å². The molecular formula is C27H24O5. The Morgan fingerprint density at radius 2 is 1.38 bits per heavy atom. The maximum atomic E-state index is 12.7. The van der Waals surface area contributed by atoms with Crippen LogP contribution < -0.4 is 0 Å². The molecule has 0 spiro atoms. The zero-order chi connectivity index (χ0) is 22.5. The Labute approximate surface area is 186 Å². The third kappa shape index (κ3) is 4.79. The molecule has 0 radical (unpaired) electrons. The SMILES string of the molecule is C=C1[C@H](O)C[C@H](OC(=O)c2ccc(-c3ccccc3)cc2)[C@H]1COC(=O)c1ccccc1. The molecule has 0 amide bonds. The molecule has 3 aromatic carbocycles. The predicted molar refractivity (Wildman–Crippen MR) is 121 cm³/mol. The molecular weight excluding hydrogens is 404 g/mol. The fourth-order valence-corrected chi connectivity index (χ4v) is 3.82. The Bertz CT molecular complexity index is 1090. The van der Waals surface area contributed by atoms with Crippen LogP contribution in [0.25, 0.3) is 11.1 Å². The lowest BCUT2D eigenvalue weighted by Gasteiger charge is -2.20. The maximum Gasteiger partial charge on any atom is 0.338 e. The molecule has 1 N–H and O–H groups in total. The van der Waals surface area contributed by atoms with Gasteiger partial charge in [0.15, 0.2) is 0 Å². The summed E-state index contributed by atoms with van der Waals surface area (Å²) in [4.78, 5) is 25.0. The van der Waals surface area contributed by atoms with E-state index in [1.807, 2.05) is 48.5 Å². The van der Waals surface area contributed by atoms with E-state index in [2.05, 4.69) is 6.58 Å². The van der Waals surface area contributed by atoms with Crippen molar-refractivity contribution in [3.63, 3.8) is 0 Å². The van der Waals surface area contributed by atoms with E-state index >= 15 is 0 Å². The van der Waals surface area contributed by atoms with Crippen molar-refractivity contribution < 1.29 is 24.2 Å². The highest BCUT2D eigenvalue weighted by atomic mass is 16.6.